The zero-order chi connectivity index (χ0) is 16.1. The van der Waals surface area contributed by atoms with Crippen molar-refractivity contribution in [2.24, 2.45) is 0 Å². The maximum Gasteiger partial charge on any atom is 0.273 e. The molecule has 0 fully saturated rings. The standard InChI is InChI=1S/C18H18N2O2S/c1-2-20(11-10-14-7-4-3-5-8-14)18(21)15-13-23-17(19-15)16-9-6-12-22-16/h3-9,12-13H,2,10-11H2,1H3. The summed E-state index contributed by atoms with van der Waals surface area (Å²) < 4.78 is 5.33. The molecule has 23 heavy (non-hydrogen) atoms. The van der Waals surface area contributed by atoms with Crippen LogP contribution >= 0.6 is 11.3 Å². The van der Waals surface area contributed by atoms with Gasteiger partial charge in [0.15, 0.2) is 10.8 Å². The van der Waals surface area contributed by atoms with Crippen molar-refractivity contribution in [1.29, 1.82) is 0 Å². The summed E-state index contributed by atoms with van der Waals surface area (Å²) in [6.45, 7) is 3.34. The van der Waals surface area contributed by atoms with Crippen LogP contribution in [0.3, 0.4) is 0 Å². The van der Waals surface area contributed by atoms with Gasteiger partial charge >= 0.3 is 0 Å². The van der Waals surface area contributed by atoms with E-state index in [1.54, 1.807) is 11.6 Å². The molecule has 0 aliphatic rings. The highest BCUT2D eigenvalue weighted by Gasteiger charge is 2.18. The minimum Gasteiger partial charge on any atom is -0.462 e. The molecule has 4 nitrogen and oxygen atoms in total. The monoisotopic (exact) mass is 326 g/mol. The largest absolute Gasteiger partial charge is 0.462 e. The summed E-state index contributed by atoms with van der Waals surface area (Å²) in [4.78, 5) is 18.9. The Morgan fingerprint density at radius 2 is 2.04 bits per heavy atom. The van der Waals surface area contributed by atoms with E-state index in [0.29, 0.717) is 24.5 Å². The number of aromatic nitrogens is 1. The lowest BCUT2D eigenvalue weighted by Crippen LogP contribution is -2.33. The first kappa shape index (κ1) is 15.5. The van der Waals surface area contributed by atoms with Gasteiger partial charge in [-0.2, -0.15) is 0 Å². The third-order valence-corrected chi connectivity index (χ3v) is 4.49. The van der Waals surface area contributed by atoms with E-state index >= 15 is 0 Å². The molecule has 5 heteroatoms. The number of hydrogen-bond acceptors (Lipinski definition) is 4. The van der Waals surface area contributed by atoms with Crippen molar-refractivity contribution in [3.05, 3.63) is 65.4 Å². The Labute approximate surface area is 139 Å². The number of rotatable bonds is 6. The van der Waals surface area contributed by atoms with Gasteiger partial charge in [-0.3, -0.25) is 4.79 Å². The van der Waals surface area contributed by atoms with Gasteiger partial charge in [0, 0.05) is 18.5 Å². The SMILES string of the molecule is CCN(CCc1ccccc1)C(=O)c1csc(-c2ccco2)n1. The van der Waals surface area contributed by atoms with Gasteiger partial charge in [0.05, 0.1) is 6.26 Å². The van der Waals surface area contributed by atoms with E-state index in [-0.39, 0.29) is 5.91 Å². The molecular formula is C18H18N2O2S. The molecular weight excluding hydrogens is 308 g/mol. The van der Waals surface area contributed by atoms with Gasteiger partial charge in [-0.05, 0) is 31.0 Å². The number of benzene rings is 1. The Kier molecular flexibility index (Phi) is 4.88. The minimum atomic E-state index is -0.0301. The molecule has 0 N–H and O–H groups in total. The maximum absolute atomic E-state index is 12.6. The quantitative estimate of drug-likeness (QED) is 0.685. The molecule has 0 saturated carbocycles. The third-order valence-electron chi connectivity index (χ3n) is 3.64. The zero-order valence-corrected chi connectivity index (χ0v) is 13.8. The van der Waals surface area contributed by atoms with E-state index in [9.17, 15) is 4.79 Å². The zero-order valence-electron chi connectivity index (χ0n) is 12.9. The van der Waals surface area contributed by atoms with Gasteiger partial charge in [0.25, 0.3) is 5.91 Å². The number of hydrogen-bond donors (Lipinski definition) is 0. The van der Waals surface area contributed by atoms with Crippen LogP contribution in [0.5, 0.6) is 0 Å². The van der Waals surface area contributed by atoms with Gasteiger partial charge in [-0.25, -0.2) is 4.98 Å². The molecule has 0 bridgehead atoms. The number of amides is 1. The molecule has 3 rings (SSSR count). The number of likely N-dealkylation sites (N-methyl/N-ethyl adjacent to an activating group) is 1. The summed E-state index contributed by atoms with van der Waals surface area (Å²) in [7, 11) is 0. The highest BCUT2D eigenvalue weighted by Crippen LogP contribution is 2.24. The van der Waals surface area contributed by atoms with Crippen LogP contribution in [0.1, 0.15) is 23.0 Å². The molecule has 2 heterocycles. The smallest absolute Gasteiger partial charge is 0.273 e. The van der Waals surface area contributed by atoms with Crippen molar-refractivity contribution in [1.82, 2.24) is 9.88 Å². The molecule has 0 saturated heterocycles. The molecule has 0 spiro atoms. The summed E-state index contributed by atoms with van der Waals surface area (Å²) in [5.74, 6) is 0.666. The van der Waals surface area contributed by atoms with Crippen LogP contribution in [0, 0.1) is 0 Å². The van der Waals surface area contributed by atoms with Gasteiger partial charge in [-0.15, -0.1) is 11.3 Å². The second-order valence-corrected chi connectivity index (χ2v) is 5.99. The van der Waals surface area contributed by atoms with E-state index in [1.807, 2.05) is 42.2 Å². The number of carbonyl (C=O) groups is 1. The fourth-order valence-electron chi connectivity index (χ4n) is 2.36. The molecule has 0 aliphatic heterocycles. The topological polar surface area (TPSA) is 46.3 Å². The molecule has 118 valence electrons. The summed E-state index contributed by atoms with van der Waals surface area (Å²) in [6.07, 6.45) is 2.45. The molecule has 1 aromatic carbocycles. The predicted molar refractivity (Wildman–Crippen MR) is 91.5 cm³/mol. The molecule has 0 aliphatic carbocycles. The second kappa shape index (κ2) is 7.24. The van der Waals surface area contributed by atoms with Crippen molar-refractivity contribution >= 4 is 17.2 Å². The molecule has 0 unspecified atom stereocenters. The van der Waals surface area contributed by atoms with Gasteiger partial charge in [0.1, 0.15) is 5.69 Å². The maximum atomic E-state index is 12.6. The fourth-order valence-corrected chi connectivity index (χ4v) is 3.12. The molecule has 3 aromatic rings. The van der Waals surface area contributed by atoms with Crippen LogP contribution in [-0.2, 0) is 6.42 Å². The summed E-state index contributed by atoms with van der Waals surface area (Å²) in [6, 6.07) is 13.9. The van der Waals surface area contributed by atoms with E-state index < -0.39 is 0 Å². The lowest BCUT2D eigenvalue weighted by Gasteiger charge is -2.19. The summed E-state index contributed by atoms with van der Waals surface area (Å²) in [5.41, 5.74) is 1.71. The summed E-state index contributed by atoms with van der Waals surface area (Å²) in [5, 5.41) is 2.53. The van der Waals surface area contributed by atoms with Crippen molar-refractivity contribution in [3.63, 3.8) is 0 Å². The van der Waals surface area contributed by atoms with E-state index in [4.69, 9.17) is 4.42 Å². The van der Waals surface area contributed by atoms with Crippen molar-refractivity contribution in [3.8, 4) is 10.8 Å². The van der Waals surface area contributed by atoms with Gasteiger partial charge in [-0.1, -0.05) is 30.3 Å². The molecule has 0 atom stereocenters. The lowest BCUT2D eigenvalue weighted by atomic mass is 10.1. The Morgan fingerprint density at radius 3 is 2.74 bits per heavy atom. The van der Waals surface area contributed by atoms with Crippen LogP contribution in [0.2, 0.25) is 0 Å². The van der Waals surface area contributed by atoms with Crippen LogP contribution in [-0.4, -0.2) is 28.9 Å². The van der Waals surface area contributed by atoms with Crippen molar-refractivity contribution in [2.75, 3.05) is 13.1 Å². The van der Waals surface area contributed by atoms with E-state index in [2.05, 4.69) is 17.1 Å². The van der Waals surface area contributed by atoms with Crippen LogP contribution < -0.4 is 0 Å². The molecule has 2 aromatic heterocycles. The predicted octanol–water partition coefficient (Wildman–Crippen LogP) is 4.11. The average Bonchev–Trinajstić information content (AvgIpc) is 3.27. The van der Waals surface area contributed by atoms with Crippen molar-refractivity contribution in [2.45, 2.75) is 13.3 Å². The van der Waals surface area contributed by atoms with Crippen LogP contribution in [0.25, 0.3) is 10.8 Å². The number of thiazole rings is 1. The Bertz CT molecular complexity index is 750. The highest BCUT2D eigenvalue weighted by molar-refractivity contribution is 7.13. The average molecular weight is 326 g/mol. The van der Waals surface area contributed by atoms with Crippen LogP contribution in [0.4, 0.5) is 0 Å². The van der Waals surface area contributed by atoms with E-state index in [1.165, 1.54) is 16.9 Å². The normalized spacial score (nSPS) is 10.7. The van der Waals surface area contributed by atoms with Gasteiger partial charge < -0.3 is 9.32 Å². The first-order valence-electron chi connectivity index (χ1n) is 7.60. The molecule has 0 radical (unpaired) electrons. The molecule has 1 amide bonds. The number of nitrogens with zero attached hydrogens (tertiary/aromatic N) is 2. The van der Waals surface area contributed by atoms with Crippen LogP contribution in [0.15, 0.2) is 58.5 Å². The minimum absolute atomic E-state index is 0.0301. The first-order chi connectivity index (χ1) is 11.3. The number of carbonyl (C=O) groups excluding carboxylic acids is 1. The third kappa shape index (κ3) is 3.68. The Morgan fingerprint density at radius 1 is 1.22 bits per heavy atom. The van der Waals surface area contributed by atoms with Crippen molar-refractivity contribution < 1.29 is 9.21 Å². The van der Waals surface area contributed by atoms with Gasteiger partial charge in [0.2, 0.25) is 0 Å². The lowest BCUT2D eigenvalue weighted by molar-refractivity contribution is 0.0761. The second-order valence-electron chi connectivity index (χ2n) is 5.14. The highest BCUT2D eigenvalue weighted by atomic mass is 32.1. The summed E-state index contributed by atoms with van der Waals surface area (Å²) >= 11 is 1.43. The first-order valence-corrected chi connectivity index (χ1v) is 8.48. The Balaban J connectivity index is 1.67. The number of furan rings is 1. The fraction of sp³-hybridized carbons (Fsp3) is 0.222. The van der Waals surface area contributed by atoms with E-state index in [0.717, 1.165) is 11.4 Å². The Hall–Kier alpha value is -2.40.